The Labute approximate surface area is 138 Å². The number of hydrogen-bond donors (Lipinski definition) is 1. The first-order valence-corrected chi connectivity index (χ1v) is 8.42. The predicted octanol–water partition coefficient (Wildman–Crippen LogP) is 3.83. The van der Waals surface area contributed by atoms with Crippen molar-refractivity contribution in [3.05, 3.63) is 70.5 Å². The molecule has 1 unspecified atom stereocenters. The lowest BCUT2D eigenvalue weighted by molar-refractivity contribution is 0.236. The molecule has 0 saturated carbocycles. The van der Waals surface area contributed by atoms with Crippen LogP contribution in [0.2, 0.25) is 0 Å². The first kappa shape index (κ1) is 16.2. The van der Waals surface area contributed by atoms with Crippen LogP contribution in [0.1, 0.15) is 34.7 Å². The van der Waals surface area contributed by atoms with E-state index in [9.17, 15) is 4.39 Å². The summed E-state index contributed by atoms with van der Waals surface area (Å²) in [5.74, 6) is -0.117. The molecule has 23 heavy (non-hydrogen) atoms. The average Bonchev–Trinajstić information content (AvgIpc) is 2.78. The number of benzene rings is 2. The zero-order valence-corrected chi connectivity index (χ0v) is 14.0. The fraction of sp³-hybridized carbons (Fsp3) is 0.400. The Morgan fingerprint density at radius 3 is 2.48 bits per heavy atom. The van der Waals surface area contributed by atoms with Crippen LogP contribution < -0.4 is 5.32 Å². The molecule has 1 aliphatic rings. The number of halogens is 1. The van der Waals surface area contributed by atoms with Gasteiger partial charge in [-0.05, 0) is 38.4 Å². The van der Waals surface area contributed by atoms with Gasteiger partial charge in [-0.15, -0.1) is 0 Å². The summed E-state index contributed by atoms with van der Waals surface area (Å²) in [6, 6.07) is 13.7. The molecule has 2 aromatic rings. The summed E-state index contributed by atoms with van der Waals surface area (Å²) >= 11 is 0. The summed E-state index contributed by atoms with van der Waals surface area (Å²) in [6.45, 7) is 8.13. The van der Waals surface area contributed by atoms with Crippen molar-refractivity contribution in [3.63, 3.8) is 0 Å². The van der Waals surface area contributed by atoms with Crippen molar-refractivity contribution in [2.75, 3.05) is 26.2 Å². The fourth-order valence-electron chi connectivity index (χ4n) is 3.58. The molecular weight excluding hydrogens is 287 g/mol. The zero-order valence-electron chi connectivity index (χ0n) is 14.0. The second-order valence-electron chi connectivity index (χ2n) is 6.48. The van der Waals surface area contributed by atoms with Crippen LogP contribution in [0, 0.1) is 19.7 Å². The molecule has 0 aliphatic carbocycles. The first-order valence-electron chi connectivity index (χ1n) is 8.42. The van der Waals surface area contributed by atoms with Gasteiger partial charge in [0, 0.05) is 25.2 Å². The van der Waals surface area contributed by atoms with Crippen molar-refractivity contribution >= 4 is 0 Å². The molecule has 1 saturated heterocycles. The number of rotatable bonds is 3. The highest BCUT2D eigenvalue weighted by atomic mass is 19.1. The third kappa shape index (κ3) is 3.80. The molecule has 0 radical (unpaired) electrons. The first-order chi connectivity index (χ1) is 11.1. The molecule has 1 fully saturated rings. The van der Waals surface area contributed by atoms with Gasteiger partial charge in [0.15, 0.2) is 0 Å². The number of hydrogen-bond acceptors (Lipinski definition) is 2. The van der Waals surface area contributed by atoms with Gasteiger partial charge in [-0.25, -0.2) is 4.39 Å². The maximum Gasteiger partial charge on any atom is 0.128 e. The Morgan fingerprint density at radius 2 is 1.74 bits per heavy atom. The van der Waals surface area contributed by atoms with E-state index in [1.54, 1.807) is 12.1 Å². The van der Waals surface area contributed by atoms with Crippen molar-refractivity contribution < 1.29 is 4.39 Å². The lowest BCUT2D eigenvalue weighted by atomic mass is 9.93. The largest absolute Gasteiger partial charge is 0.315 e. The van der Waals surface area contributed by atoms with E-state index in [4.69, 9.17) is 0 Å². The Hall–Kier alpha value is -1.71. The molecule has 3 rings (SSSR count). The third-order valence-electron chi connectivity index (χ3n) is 4.50. The van der Waals surface area contributed by atoms with E-state index in [0.29, 0.717) is 0 Å². The average molecular weight is 312 g/mol. The van der Waals surface area contributed by atoms with E-state index in [1.165, 1.54) is 16.7 Å². The Bertz CT molecular complexity index is 640. The summed E-state index contributed by atoms with van der Waals surface area (Å²) in [5, 5.41) is 3.44. The molecule has 1 aliphatic heterocycles. The van der Waals surface area contributed by atoms with Gasteiger partial charge in [0.2, 0.25) is 0 Å². The molecule has 0 spiro atoms. The minimum Gasteiger partial charge on any atom is -0.315 e. The van der Waals surface area contributed by atoms with E-state index < -0.39 is 0 Å². The minimum atomic E-state index is -0.117. The van der Waals surface area contributed by atoms with E-state index >= 15 is 0 Å². The topological polar surface area (TPSA) is 15.3 Å². The summed E-state index contributed by atoms with van der Waals surface area (Å²) in [5.41, 5.74) is 4.43. The third-order valence-corrected chi connectivity index (χ3v) is 4.50. The van der Waals surface area contributed by atoms with Crippen LogP contribution in [0.3, 0.4) is 0 Å². The highest BCUT2D eigenvalue weighted by Gasteiger charge is 2.25. The summed E-state index contributed by atoms with van der Waals surface area (Å²) in [7, 11) is 0. The van der Waals surface area contributed by atoms with Gasteiger partial charge in [0.05, 0.1) is 6.04 Å². The molecule has 2 nitrogen and oxygen atoms in total. The monoisotopic (exact) mass is 312 g/mol. The maximum atomic E-state index is 14.5. The SMILES string of the molecule is Cc1cc(C)cc(C(c2ccccc2F)N2CCCNCC2)c1. The molecule has 1 atom stereocenters. The molecule has 0 aromatic heterocycles. The van der Waals surface area contributed by atoms with Crippen molar-refractivity contribution in [1.29, 1.82) is 0 Å². The van der Waals surface area contributed by atoms with Crippen LogP contribution in [0.4, 0.5) is 4.39 Å². The van der Waals surface area contributed by atoms with Crippen LogP contribution in [0.5, 0.6) is 0 Å². The van der Waals surface area contributed by atoms with Crippen LogP contribution in [0.15, 0.2) is 42.5 Å². The number of nitrogens with one attached hydrogen (secondary N) is 1. The molecule has 0 amide bonds. The smallest absolute Gasteiger partial charge is 0.128 e. The lowest BCUT2D eigenvalue weighted by Crippen LogP contribution is -2.33. The molecule has 0 bridgehead atoms. The number of aryl methyl sites for hydroxylation is 2. The van der Waals surface area contributed by atoms with Gasteiger partial charge in [-0.1, -0.05) is 47.5 Å². The quantitative estimate of drug-likeness (QED) is 0.926. The Balaban J connectivity index is 2.07. The van der Waals surface area contributed by atoms with Crippen molar-refractivity contribution in [2.24, 2.45) is 0 Å². The summed E-state index contributed by atoms with van der Waals surface area (Å²) in [6.07, 6.45) is 1.09. The molecule has 3 heteroatoms. The van der Waals surface area contributed by atoms with Gasteiger partial charge in [-0.2, -0.15) is 0 Å². The molecule has 122 valence electrons. The standard InChI is InChI=1S/C20H25FN2/c1-15-12-16(2)14-17(13-15)20(18-6-3-4-7-19(18)21)23-10-5-8-22-9-11-23/h3-4,6-7,12-14,20,22H,5,8-11H2,1-2H3. The van der Waals surface area contributed by atoms with Gasteiger partial charge < -0.3 is 5.32 Å². The van der Waals surface area contributed by atoms with Gasteiger partial charge in [-0.3, -0.25) is 4.90 Å². The van der Waals surface area contributed by atoms with E-state index in [0.717, 1.165) is 38.2 Å². The van der Waals surface area contributed by atoms with Crippen molar-refractivity contribution in [2.45, 2.75) is 26.3 Å². The Kier molecular flexibility index (Phi) is 5.09. The van der Waals surface area contributed by atoms with Crippen LogP contribution in [0.25, 0.3) is 0 Å². The van der Waals surface area contributed by atoms with Crippen LogP contribution >= 0.6 is 0 Å². The van der Waals surface area contributed by atoms with Gasteiger partial charge in [0.25, 0.3) is 0 Å². The zero-order chi connectivity index (χ0) is 16.2. The van der Waals surface area contributed by atoms with E-state index in [2.05, 4.69) is 42.3 Å². The van der Waals surface area contributed by atoms with E-state index in [1.807, 2.05) is 12.1 Å². The van der Waals surface area contributed by atoms with Gasteiger partial charge in [0.1, 0.15) is 5.82 Å². The minimum absolute atomic E-state index is 0.0188. The molecule has 2 aromatic carbocycles. The predicted molar refractivity (Wildman–Crippen MR) is 93.2 cm³/mol. The van der Waals surface area contributed by atoms with Crippen LogP contribution in [-0.2, 0) is 0 Å². The summed E-state index contributed by atoms with van der Waals surface area (Å²) in [4.78, 5) is 2.41. The van der Waals surface area contributed by atoms with Gasteiger partial charge >= 0.3 is 0 Å². The number of nitrogens with zero attached hydrogens (tertiary/aromatic N) is 1. The highest BCUT2D eigenvalue weighted by Crippen LogP contribution is 2.32. The second-order valence-corrected chi connectivity index (χ2v) is 6.48. The molecular formula is C20H25FN2. The second kappa shape index (κ2) is 7.24. The maximum absolute atomic E-state index is 14.5. The fourth-order valence-corrected chi connectivity index (χ4v) is 3.58. The molecule has 1 N–H and O–H groups in total. The Morgan fingerprint density at radius 1 is 1.00 bits per heavy atom. The van der Waals surface area contributed by atoms with Crippen LogP contribution in [-0.4, -0.2) is 31.1 Å². The summed E-state index contributed by atoms with van der Waals surface area (Å²) < 4.78 is 14.5. The highest BCUT2D eigenvalue weighted by molar-refractivity contribution is 5.37. The lowest BCUT2D eigenvalue weighted by Gasteiger charge is -2.32. The van der Waals surface area contributed by atoms with Crippen molar-refractivity contribution in [1.82, 2.24) is 10.2 Å². The van der Waals surface area contributed by atoms with Crippen molar-refractivity contribution in [3.8, 4) is 0 Å². The molecule has 1 heterocycles. The van der Waals surface area contributed by atoms with E-state index in [-0.39, 0.29) is 11.9 Å². The normalized spacial score (nSPS) is 17.7.